The highest BCUT2D eigenvalue weighted by molar-refractivity contribution is 9.10. The number of benzene rings is 1. The molecule has 0 radical (unpaired) electrons. The molecule has 4 heteroatoms. The van der Waals surface area contributed by atoms with E-state index >= 15 is 0 Å². The number of aliphatic hydroxyl groups excluding tert-OH is 1. The van der Waals surface area contributed by atoms with Crippen molar-refractivity contribution in [2.75, 3.05) is 6.61 Å². The average molecular weight is 326 g/mol. The summed E-state index contributed by atoms with van der Waals surface area (Å²) in [5.41, 5.74) is 2.34. The Morgan fingerprint density at radius 1 is 1.39 bits per heavy atom. The number of hydrogen-bond donors (Lipinski definition) is 1. The van der Waals surface area contributed by atoms with Crippen molar-refractivity contribution in [3.8, 4) is 0 Å². The van der Waals surface area contributed by atoms with Crippen LogP contribution in [-0.2, 0) is 12.8 Å². The van der Waals surface area contributed by atoms with Gasteiger partial charge in [0.25, 0.3) is 0 Å². The number of hydrogen-bond acceptors (Lipinski definition) is 3. The second-order valence-electron chi connectivity index (χ2n) is 4.44. The lowest BCUT2D eigenvalue weighted by molar-refractivity contribution is 0.224. The SMILES string of the molecule is Cc1nc(CC(CO)Cc2cccc(Br)c2)cs1. The molecule has 1 unspecified atom stereocenters. The van der Waals surface area contributed by atoms with Crippen LogP contribution in [0.5, 0.6) is 0 Å². The summed E-state index contributed by atoms with van der Waals surface area (Å²) in [7, 11) is 0. The maximum atomic E-state index is 9.49. The minimum absolute atomic E-state index is 0.198. The number of aliphatic hydroxyl groups is 1. The van der Waals surface area contributed by atoms with Gasteiger partial charge in [-0.15, -0.1) is 11.3 Å². The van der Waals surface area contributed by atoms with Gasteiger partial charge in [0.2, 0.25) is 0 Å². The molecule has 1 aromatic carbocycles. The highest BCUT2D eigenvalue weighted by atomic mass is 79.9. The van der Waals surface area contributed by atoms with E-state index in [4.69, 9.17) is 0 Å². The van der Waals surface area contributed by atoms with E-state index in [1.807, 2.05) is 19.1 Å². The van der Waals surface area contributed by atoms with Crippen LogP contribution in [0.1, 0.15) is 16.3 Å². The molecule has 0 saturated heterocycles. The summed E-state index contributed by atoms with van der Waals surface area (Å²) < 4.78 is 1.08. The number of thiazole rings is 1. The minimum Gasteiger partial charge on any atom is -0.396 e. The van der Waals surface area contributed by atoms with Gasteiger partial charge >= 0.3 is 0 Å². The van der Waals surface area contributed by atoms with Gasteiger partial charge in [-0.25, -0.2) is 4.98 Å². The molecule has 2 aromatic rings. The van der Waals surface area contributed by atoms with E-state index in [-0.39, 0.29) is 12.5 Å². The first-order valence-corrected chi connectivity index (χ1v) is 7.61. The fourth-order valence-electron chi connectivity index (χ4n) is 2.00. The van der Waals surface area contributed by atoms with Crippen LogP contribution < -0.4 is 0 Å². The summed E-state index contributed by atoms with van der Waals surface area (Å²) in [6.45, 7) is 2.21. The van der Waals surface area contributed by atoms with Gasteiger partial charge in [0, 0.05) is 16.5 Å². The van der Waals surface area contributed by atoms with Crippen molar-refractivity contribution in [2.24, 2.45) is 5.92 Å². The number of rotatable bonds is 5. The topological polar surface area (TPSA) is 33.1 Å². The Morgan fingerprint density at radius 3 is 2.83 bits per heavy atom. The third-order valence-electron chi connectivity index (χ3n) is 2.84. The molecule has 96 valence electrons. The molecule has 0 fully saturated rings. The molecule has 2 rings (SSSR count). The summed E-state index contributed by atoms with van der Waals surface area (Å²) in [5, 5.41) is 12.7. The maximum absolute atomic E-state index is 9.49. The lowest BCUT2D eigenvalue weighted by Gasteiger charge is -2.13. The van der Waals surface area contributed by atoms with Gasteiger partial charge in [0.1, 0.15) is 0 Å². The summed E-state index contributed by atoms with van der Waals surface area (Å²) in [4.78, 5) is 4.46. The van der Waals surface area contributed by atoms with Crippen LogP contribution in [0.2, 0.25) is 0 Å². The molecule has 0 aliphatic carbocycles. The number of aryl methyl sites for hydroxylation is 1. The van der Waals surface area contributed by atoms with Crippen molar-refractivity contribution < 1.29 is 5.11 Å². The Hall–Kier alpha value is -0.710. The zero-order valence-electron chi connectivity index (χ0n) is 10.3. The van der Waals surface area contributed by atoms with Gasteiger partial charge in [0.05, 0.1) is 10.7 Å². The fourth-order valence-corrected chi connectivity index (χ4v) is 3.07. The molecule has 0 spiro atoms. The van der Waals surface area contributed by atoms with Crippen LogP contribution in [0.15, 0.2) is 34.1 Å². The lowest BCUT2D eigenvalue weighted by Crippen LogP contribution is -2.13. The number of halogens is 1. The Balaban J connectivity index is 2.01. The highest BCUT2D eigenvalue weighted by Gasteiger charge is 2.11. The molecule has 0 aliphatic rings. The Morgan fingerprint density at radius 2 is 2.22 bits per heavy atom. The zero-order chi connectivity index (χ0) is 13.0. The molecule has 2 nitrogen and oxygen atoms in total. The summed E-state index contributed by atoms with van der Waals surface area (Å²) in [6, 6.07) is 8.25. The molecule has 1 N–H and O–H groups in total. The van der Waals surface area contributed by atoms with Gasteiger partial charge in [-0.1, -0.05) is 28.1 Å². The van der Waals surface area contributed by atoms with Gasteiger partial charge in [-0.3, -0.25) is 0 Å². The molecule has 18 heavy (non-hydrogen) atoms. The predicted molar refractivity (Wildman–Crippen MR) is 79.0 cm³/mol. The standard InChI is InChI=1S/C14H16BrNOS/c1-10-16-14(9-18-10)7-12(8-17)5-11-3-2-4-13(15)6-11/h2-4,6,9,12,17H,5,7-8H2,1H3. The molecule has 0 amide bonds. The van der Waals surface area contributed by atoms with Crippen LogP contribution in [0.25, 0.3) is 0 Å². The smallest absolute Gasteiger partial charge is 0.0897 e. The molecule has 0 bridgehead atoms. The van der Waals surface area contributed by atoms with Crippen LogP contribution in [0, 0.1) is 12.8 Å². The van der Waals surface area contributed by atoms with Gasteiger partial charge in [-0.05, 0) is 43.4 Å². The quantitative estimate of drug-likeness (QED) is 0.910. The Kier molecular flexibility index (Phi) is 4.92. The molecular weight excluding hydrogens is 310 g/mol. The Labute approximate surface area is 120 Å². The van der Waals surface area contributed by atoms with E-state index in [0.29, 0.717) is 0 Å². The number of aromatic nitrogens is 1. The van der Waals surface area contributed by atoms with E-state index in [1.165, 1.54) is 5.56 Å². The Bertz CT molecular complexity index is 512. The third-order valence-corrected chi connectivity index (χ3v) is 4.15. The van der Waals surface area contributed by atoms with E-state index in [0.717, 1.165) is 28.0 Å². The summed E-state index contributed by atoms with van der Waals surface area (Å²) >= 11 is 5.14. The van der Waals surface area contributed by atoms with Crippen LogP contribution >= 0.6 is 27.3 Å². The van der Waals surface area contributed by atoms with Crippen molar-refractivity contribution in [1.82, 2.24) is 4.98 Å². The summed E-state index contributed by atoms with van der Waals surface area (Å²) in [5.74, 6) is 0.237. The molecular formula is C14H16BrNOS. The summed E-state index contributed by atoms with van der Waals surface area (Å²) in [6.07, 6.45) is 1.72. The van der Waals surface area contributed by atoms with E-state index in [9.17, 15) is 5.11 Å². The first kappa shape index (κ1) is 13.7. The molecule has 0 saturated carbocycles. The highest BCUT2D eigenvalue weighted by Crippen LogP contribution is 2.19. The van der Waals surface area contributed by atoms with Crippen molar-refractivity contribution in [1.29, 1.82) is 0 Å². The predicted octanol–water partition coefficient (Wildman–Crippen LogP) is 3.61. The molecule has 1 heterocycles. The van der Waals surface area contributed by atoms with Crippen LogP contribution in [0.3, 0.4) is 0 Å². The fraction of sp³-hybridized carbons (Fsp3) is 0.357. The van der Waals surface area contributed by atoms with E-state index < -0.39 is 0 Å². The van der Waals surface area contributed by atoms with E-state index in [2.05, 4.69) is 38.4 Å². The van der Waals surface area contributed by atoms with Gasteiger partial charge < -0.3 is 5.11 Å². The van der Waals surface area contributed by atoms with Gasteiger partial charge in [0.15, 0.2) is 0 Å². The van der Waals surface area contributed by atoms with Crippen LogP contribution in [-0.4, -0.2) is 16.7 Å². The zero-order valence-corrected chi connectivity index (χ0v) is 12.7. The van der Waals surface area contributed by atoms with Crippen molar-refractivity contribution >= 4 is 27.3 Å². The molecule has 1 atom stereocenters. The van der Waals surface area contributed by atoms with Crippen molar-refractivity contribution in [3.63, 3.8) is 0 Å². The molecule has 0 aliphatic heterocycles. The monoisotopic (exact) mass is 325 g/mol. The first-order valence-electron chi connectivity index (χ1n) is 5.93. The normalized spacial score (nSPS) is 12.6. The lowest BCUT2D eigenvalue weighted by atomic mass is 9.96. The van der Waals surface area contributed by atoms with Crippen molar-refractivity contribution in [2.45, 2.75) is 19.8 Å². The third kappa shape index (κ3) is 3.90. The largest absolute Gasteiger partial charge is 0.396 e. The van der Waals surface area contributed by atoms with E-state index in [1.54, 1.807) is 11.3 Å². The second-order valence-corrected chi connectivity index (χ2v) is 6.42. The number of nitrogens with zero attached hydrogens (tertiary/aromatic N) is 1. The van der Waals surface area contributed by atoms with Crippen LogP contribution in [0.4, 0.5) is 0 Å². The maximum Gasteiger partial charge on any atom is 0.0897 e. The average Bonchev–Trinajstić information content (AvgIpc) is 2.74. The van der Waals surface area contributed by atoms with Crippen molar-refractivity contribution in [3.05, 3.63) is 50.4 Å². The molecule has 1 aromatic heterocycles. The minimum atomic E-state index is 0.198. The van der Waals surface area contributed by atoms with Gasteiger partial charge in [-0.2, -0.15) is 0 Å². The second kappa shape index (κ2) is 6.45. The first-order chi connectivity index (χ1) is 8.67.